The SMILES string of the molecule is C=CCC(C)NC(C)c1cccc(OC(F)F)c1. The van der Waals surface area contributed by atoms with Gasteiger partial charge in [0, 0.05) is 12.1 Å². The molecule has 2 nitrogen and oxygen atoms in total. The molecular formula is C14H19F2NO. The largest absolute Gasteiger partial charge is 0.435 e. The fourth-order valence-electron chi connectivity index (χ4n) is 1.80. The smallest absolute Gasteiger partial charge is 0.387 e. The van der Waals surface area contributed by atoms with Gasteiger partial charge in [-0.2, -0.15) is 8.78 Å². The number of hydrogen-bond acceptors (Lipinski definition) is 2. The highest BCUT2D eigenvalue weighted by Gasteiger charge is 2.10. The van der Waals surface area contributed by atoms with Crippen molar-refractivity contribution >= 4 is 0 Å². The molecule has 1 rings (SSSR count). The lowest BCUT2D eigenvalue weighted by Crippen LogP contribution is -2.28. The van der Waals surface area contributed by atoms with Crippen LogP contribution in [0.4, 0.5) is 8.78 Å². The Kier molecular flexibility index (Phi) is 5.78. The molecule has 0 saturated heterocycles. The van der Waals surface area contributed by atoms with Gasteiger partial charge < -0.3 is 10.1 Å². The summed E-state index contributed by atoms with van der Waals surface area (Å²) in [7, 11) is 0. The zero-order chi connectivity index (χ0) is 13.5. The Morgan fingerprint density at radius 1 is 1.39 bits per heavy atom. The number of halogens is 2. The summed E-state index contributed by atoms with van der Waals surface area (Å²) in [5.74, 6) is 0.188. The van der Waals surface area contributed by atoms with Gasteiger partial charge >= 0.3 is 6.61 Å². The van der Waals surface area contributed by atoms with E-state index in [1.54, 1.807) is 12.1 Å². The maximum atomic E-state index is 12.1. The molecule has 1 aromatic rings. The average Bonchev–Trinajstić information content (AvgIpc) is 2.28. The van der Waals surface area contributed by atoms with Gasteiger partial charge in [0.1, 0.15) is 5.75 Å². The zero-order valence-corrected chi connectivity index (χ0v) is 10.7. The lowest BCUT2D eigenvalue weighted by molar-refractivity contribution is -0.0499. The van der Waals surface area contributed by atoms with E-state index in [4.69, 9.17) is 0 Å². The minimum absolute atomic E-state index is 0.0705. The summed E-state index contributed by atoms with van der Waals surface area (Å²) in [4.78, 5) is 0. The van der Waals surface area contributed by atoms with Crippen LogP contribution in [0, 0.1) is 0 Å². The lowest BCUT2D eigenvalue weighted by Gasteiger charge is -2.19. The number of ether oxygens (including phenoxy) is 1. The molecular weight excluding hydrogens is 236 g/mol. The second-order valence-corrected chi connectivity index (χ2v) is 4.26. The van der Waals surface area contributed by atoms with E-state index in [-0.39, 0.29) is 17.8 Å². The summed E-state index contributed by atoms with van der Waals surface area (Å²) in [6.45, 7) is 4.94. The third kappa shape index (κ3) is 4.84. The molecule has 1 aromatic carbocycles. The van der Waals surface area contributed by atoms with Crippen LogP contribution in [0.25, 0.3) is 0 Å². The van der Waals surface area contributed by atoms with E-state index in [2.05, 4.69) is 23.6 Å². The Hall–Kier alpha value is -1.42. The standard InChI is InChI=1S/C14H19F2NO/c1-4-6-10(2)17-11(3)12-7-5-8-13(9-12)18-14(15)16/h4-5,7-11,14,17H,1,6H2,2-3H3. The van der Waals surface area contributed by atoms with Crippen molar-refractivity contribution in [2.75, 3.05) is 0 Å². The minimum atomic E-state index is -2.79. The maximum Gasteiger partial charge on any atom is 0.387 e. The van der Waals surface area contributed by atoms with Crippen molar-refractivity contribution in [2.24, 2.45) is 0 Å². The van der Waals surface area contributed by atoms with Crippen LogP contribution in [0.1, 0.15) is 31.9 Å². The number of rotatable bonds is 7. The molecule has 0 aromatic heterocycles. The van der Waals surface area contributed by atoms with E-state index in [9.17, 15) is 8.78 Å². The van der Waals surface area contributed by atoms with Gasteiger partial charge in [-0.3, -0.25) is 0 Å². The molecule has 0 heterocycles. The van der Waals surface area contributed by atoms with Gasteiger partial charge in [0.2, 0.25) is 0 Å². The number of nitrogens with one attached hydrogen (secondary N) is 1. The van der Waals surface area contributed by atoms with Crippen molar-refractivity contribution in [1.29, 1.82) is 0 Å². The molecule has 0 amide bonds. The van der Waals surface area contributed by atoms with Gasteiger partial charge in [0.05, 0.1) is 0 Å². The second kappa shape index (κ2) is 7.11. The van der Waals surface area contributed by atoms with Gasteiger partial charge in [0.25, 0.3) is 0 Å². The Morgan fingerprint density at radius 2 is 2.11 bits per heavy atom. The second-order valence-electron chi connectivity index (χ2n) is 4.26. The van der Waals surface area contributed by atoms with Crippen LogP contribution in [-0.2, 0) is 0 Å². The molecule has 18 heavy (non-hydrogen) atoms. The van der Waals surface area contributed by atoms with Gasteiger partial charge in [-0.25, -0.2) is 0 Å². The molecule has 100 valence electrons. The molecule has 0 aliphatic carbocycles. The van der Waals surface area contributed by atoms with Gasteiger partial charge in [-0.15, -0.1) is 6.58 Å². The molecule has 0 bridgehead atoms. The van der Waals surface area contributed by atoms with Crippen LogP contribution in [-0.4, -0.2) is 12.7 Å². The maximum absolute atomic E-state index is 12.1. The van der Waals surface area contributed by atoms with E-state index < -0.39 is 6.61 Å². The molecule has 0 radical (unpaired) electrons. The first-order valence-corrected chi connectivity index (χ1v) is 5.94. The number of alkyl halides is 2. The highest BCUT2D eigenvalue weighted by atomic mass is 19.3. The first-order valence-electron chi connectivity index (χ1n) is 5.94. The Labute approximate surface area is 107 Å². The van der Waals surface area contributed by atoms with Gasteiger partial charge in [-0.05, 0) is 38.0 Å². The first-order chi connectivity index (χ1) is 8.52. The van der Waals surface area contributed by atoms with Crippen LogP contribution < -0.4 is 10.1 Å². The van der Waals surface area contributed by atoms with E-state index >= 15 is 0 Å². The zero-order valence-electron chi connectivity index (χ0n) is 10.7. The summed E-state index contributed by atoms with van der Waals surface area (Å²) >= 11 is 0. The molecule has 1 N–H and O–H groups in total. The van der Waals surface area contributed by atoms with Crippen molar-refractivity contribution in [1.82, 2.24) is 5.32 Å². The predicted molar refractivity (Wildman–Crippen MR) is 68.9 cm³/mol. The van der Waals surface area contributed by atoms with Crippen molar-refractivity contribution in [3.05, 3.63) is 42.5 Å². The minimum Gasteiger partial charge on any atom is -0.435 e. The Bertz CT molecular complexity index is 382. The summed E-state index contributed by atoms with van der Waals surface area (Å²) < 4.78 is 28.6. The molecule has 4 heteroatoms. The van der Waals surface area contributed by atoms with Crippen LogP contribution >= 0.6 is 0 Å². The van der Waals surface area contributed by atoms with Crippen LogP contribution in [0.3, 0.4) is 0 Å². The molecule has 0 spiro atoms. The van der Waals surface area contributed by atoms with Crippen LogP contribution in [0.2, 0.25) is 0 Å². The van der Waals surface area contributed by atoms with Crippen molar-refractivity contribution in [3.8, 4) is 5.75 Å². The molecule has 0 aliphatic heterocycles. The molecule has 2 unspecified atom stereocenters. The first kappa shape index (κ1) is 14.6. The van der Waals surface area contributed by atoms with Crippen LogP contribution in [0.5, 0.6) is 5.75 Å². The summed E-state index contributed by atoms with van der Waals surface area (Å²) in [5.41, 5.74) is 0.920. The van der Waals surface area contributed by atoms with Gasteiger partial charge in [-0.1, -0.05) is 18.2 Å². The molecule has 0 saturated carbocycles. The fourth-order valence-corrected chi connectivity index (χ4v) is 1.80. The number of hydrogen-bond donors (Lipinski definition) is 1. The van der Waals surface area contributed by atoms with E-state index in [1.165, 1.54) is 6.07 Å². The van der Waals surface area contributed by atoms with Crippen molar-refractivity contribution in [3.63, 3.8) is 0 Å². The predicted octanol–water partition coefficient (Wildman–Crippen LogP) is 3.90. The van der Waals surface area contributed by atoms with Crippen LogP contribution in [0.15, 0.2) is 36.9 Å². The topological polar surface area (TPSA) is 21.3 Å². The monoisotopic (exact) mass is 255 g/mol. The highest BCUT2D eigenvalue weighted by molar-refractivity contribution is 5.30. The molecule has 0 aliphatic rings. The molecule has 0 fully saturated rings. The number of benzene rings is 1. The van der Waals surface area contributed by atoms with E-state index in [0.717, 1.165) is 12.0 Å². The third-order valence-electron chi connectivity index (χ3n) is 2.64. The van der Waals surface area contributed by atoms with E-state index in [0.29, 0.717) is 0 Å². The average molecular weight is 255 g/mol. The van der Waals surface area contributed by atoms with Gasteiger partial charge in [0.15, 0.2) is 0 Å². The normalized spacial score (nSPS) is 14.3. The molecule has 2 atom stereocenters. The highest BCUT2D eigenvalue weighted by Crippen LogP contribution is 2.21. The third-order valence-corrected chi connectivity index (χ3v) is 2.64. The summed E-state index contributed by atoms with van der Waals surface area (Å²) in [6, 6.07) is 7.11. The summed E-state index contributed by atoms with van der Waals surface area (Å²) in [5, 5.41) is 3.36. The van der Waals surface area contributed by atoms with Crippen molar-refractivity contribution in [2.45, 2.75) is 39.0 Å². The van der Waals surface area contributed by atoms with Crippen molar-refractivity contribution < 1.29 is 13.5 Å². The lowest BCUT2D eigenvalue weighted by atomic mass is 10.1. The Balaban J connectivity index is 2.67. The van der Waals surface area contributed by atoms with E-state index in [1.807, 2.05) is 19.1 Å². The Morgan fingerprint density at radius 3 is 2.72 bits per heavy atom. The fraction of sp³-hybridized carbons (Fsp3) is 0.429. The summed E-state index contributed by atoms with van der Waals surface area (Å²) in [6.07, 6.45) is 2.71. The quantitative estimate of drug-likeness (QED) is 0.746.